The van der Waals surface area contributed by atoms with Crippen LogP contribution in [0.3, 0.4) is 0 Å². The second-order valence-electron chi connectivity index (χ2n) is 4.03. The van der Waals surface area contributed by atoms with Crippen molar-refractivity contribution in [1.82, 2.24) is 9.97 Å². The summed E-state index contributed by atoms with van der Waals surface area (Å²) in [7, 11) is 0. The molecule has 2 N–H and O–H groups in total. The molecule has 0 atom stereocenters. The van der Waals surface area contributed by atoms with Gasteiger partial charge in [-0.3, -0.25) is 10.1 Å². The lowest BCUT2D eigenvalue weighted by Crippen LogP contribution is -2.21. The third-order valence-electron chi connectivity index (χ3n) is 2.71. The number of benzene rings is 1. The molecule has 0 saturated carbocycles. The van der Waals surface area contributed by atoms with Crippen LogP contribution in [0.1, 0.15) is 5.56 Å². The lowest BCUT2D eigenvalue weighted by molar-refractivity contribution is -0.113. The monoisotopic (exact) mass is 319 g/mol. The molecule has 96 valence electrons. The van der Waals surface area contributed by atoms with Gasteiger partial charge >= 0.3 is 0 Å². The summed E-state index contributed by atoms with van der Waals surface area (Å²) < 4.78 is 6.49. The van der Waals surface area contributed by atoms with Gasteiger partial charge in [-0.2, -0.15) is 0 Å². The van der Waals surface area contributed by atoms with E-state index in [4.69, 9.17) is 4.74 Å². The van der Waals surface area contributed by atoms with Gasteiger partial charge in [0.15, 0.2) is 0 Å². The summed E-state index contributed by atoms with van der Waals surface area (Å²) in [6.45, 7) is 0.251. The summed E-state index contributed by atoms with van der Waals surface area (Å²) in [6, 6.07) is 5.69. The third-order valence-corrected chi connectivity index (χ3v) is 3.20. The van der Waals surface area contributed by atoms with Gasteiger partial charge in [0.1, 0.15) is 12.4 Å². The zero-order chi connectivity index (χ0) is 13.2. The molecule has 3 rings (SSSR count). The number of fused-ring (bicyclic) bond motifs is 1. The lowest BCUT2D eigenvalue weighted by atomic mass is 10.1. The normalized spacial score (nSPS) is 13.2. The minimum absolute atomic E-state index is 0.222. The molecule has 2 aromatic rings. The molecular formula is C13H10BrN3O2. The number of anilines is 1. The van der Waals surface area contributed by atoms with Gasteiger partial charge in [-0.05, 0) is 24.3 Å². The number of amides is 1. The van der Waals surface area contributed by atoms with Gasteiger partial charge in [0.25, 0.3) is 5.91 Å². The minimum atomic E-state index is -0.222. The van der Waals surface area contributed by atoms with E-state index in [9.17, 15) is 4.79 Å². The van der Waals surface area contributed by atoms with E-state index in [1.807, 2.05) is 24.3 Å². The van der Waals surface area contributed by atoms with Crippen LogP contribution in [0.4, 0.5) is 5.95 Å². The molecule has 0 radical (unpaired) electrons. The molecule has 1 aromatic heterocycles. The number of hydrogen-bond acceptors (Lipinski definition) is 3. The number of nitrogens with zero attached hydrogens (tertiary/aromatic N) is 1. The Morgan fingerprint density at radius 1 is 1.47 bits per heavy atom. The van der Waals surface area contributed by atoms with E-state index in [0.29, 0.717) is 11.5 Å². The molecule has 0 unspecified atom stereocenters. The average molecular weight is 320 g/mol. The van der Waals surface area contributed by atoms with Crippen molar-refractivity contribution in [2.24, 2.45) is 0 Å². The fraction of sp³-hybridized carbons (Fsp3) is 0.0769. The largest absolute Gasteiger partial charge is 0.488 e. The summed E-state index contributed by atoms with van der Waals surface area (Å²) in [4.78, 5) is 18.8. The van der Waals surface area contributed by atoms with Crippen molar-refractivity contribution >= 4 is 33.9 Å². The highest BCUT2D eigenvalue weighted by Crippen LogP contribution is 2.29. The molecule has 1 amide bonds. The maximum Gasteiger partial charge on any atom is 0.257 e. The van der Waals surface area contributed by atoms with E-state index in [2.05, 4.69) is 31.2 Å². The molecule has 0 aliphatic carbocycles. The van der Waals surface area contributed by atoms with Crippen molar-refractivity contribution in [2.45, 2.75) is 0 Å². The van der Waals surface area contributed by atoms with Crippen molar-refractivity contribution in [3.8, 4) is 5.75 Å². The number of imidazole rings is 1. The summed E-state index contributed by atoms with van der Waals surface area (Å²) in [5.74, 6) is 0.976. The first-order valence-corrected chi connectivity index (χ1v) is 6.45. The predicted octanol–water partition coefficient (Wildman–Crippen LogP) is 2.59. The summed E-state index contributed by atoms with van der Waals surface area (Å²) >= 11 is 3.40. The van der Waals surface area contributed by atoms with Crippen LogP contribution in [-0.2, 0) is 4.79 Å². The van der Waals surface area contributed by atoms with Crippen molar-refractivity contribution in [3.63, 3.8) is 0 Å². The SMILES string of the molecule is O=C(Nc1ncc[nH]1)C1=Cc2cc(Br)ccc2OC1. The number of nitrogens with one attached hydrogen (secondary N) is 2. The Morgan fingerprint density at radius 2 is 2.37 bits per heavy atom. The molecular weight excluding hydrogens is 310 g/mol. The van der Waals surface area contributed by atoms with Crippen molar-refractivity contribution in [3.05, 3.63) is 46.2 Å². The van der Waals surface area contributed by atoms with Crippen LogP contribution in [0.2, 0.25) is 0 Å². The fourth-order valence-electron chi connectivity index (χ4n) is 1.80. The van der Waals surface area contributed by atoms with Gasteiger partial charge < -0.3 is 9.72 Å². The molecule has 1 aliphatic heterocycles. The number of carbonyl (C=O) groups is 1. The fourth-order valence-corrected chi connectivity index (χ4v) is 2.18. The predicted molar refractivity (Wildman–Crippen MR) is 74.8 cm³/mol. The van der Waals surface area contributed by atoms with Crippen LogP contribution in [-0.4, -0.2) is 22.5 Å². The first-order valence-electron chi connectivity index (χ1n) is 5.66. The highest BCUT2D eigenvalue weighted by atomic mass is 79.9. The molecule has 0 spiro atoms. The standard InChI is InChI=1S/C13H10BrN3O2/c14-10-1-2-11-8(6-10)5-9(7-19-11)12(18)17-13-15-3-4-16-13/h1-6H,7H2,(H2,15,16,17,18). The van der Waals surface area contributed by atoms with Crippen LogP contribution in [0.5, 0.6) is 5.75 Å². The highest BCUT2D eigenvalue weighted by molar-refractivity contribution is 9.10. The molecule has 0 fully saturated rings. The molecule has 1 aromatic carbocycles. The zero-order valence-electron chi connectivity index (χ0n) is 9.81. The molecule has 1 aliphatic rings. The summed E-state index contributed by atoms with van der Waals surface area (Å²) in [5, 5.41) is 2.67. The van der Waals surface area contributed by atoms with Gasteiger partial charge in [0.05, 0.1) is 5.57 Å². The Bertz CT molecular complexity index is 650. The van der Waals surface area contributed by atoms with E-state index in [1.54, 1.807) is 12.4 Å². The van der Waals surface area contributed by atoms with Crippen LogP contribution in [0, 0.1) is 0 Å². The molecule has 0 bridgehead atoms. The van der Waals surface area contributed by atoms with Crippen molar-refractivity contribution < 1.29 is 9.53 Å². The van der Waals surface area contributed by atoms with E-state index in [1.165, 1.54) is 0 Å². The van der Waals surface area contributed by atoms with Crippen LogP contribution in [0.15, 0.2) is 40.6 Å². The Morgan fingerprint density at radius 3 is 3.16 bits per heavy atom. The average Bonchev–Trinajstić information content (AvgIpc) is 2.90. The molecule has 0 saturated heterocycles. The molecule has 6 heteroatoms. The third kappa shape index (κ3) is 2.53. The summed E-state index contributed by atoms with van der Waals surface area (Å²) in [6.07, 6.45) is 5.05. The van der Waals surface area contributed by atoms with Gasteiger partial charge in [0, 0.05) is 22.4 Å². The quantitative estimate of drug-likeness (QED) is 0.894. The molecule has 2 heterocycles. The Labute approximate surface area is 117 Å². The Hall–Kier alpha value is -2.08. The van der Waals surface area contributed by atoms with Crippen molar-refractivity contribution in [2.75, 3.05) is 11.9 Å². The number of ether oxygens (including phenoxy) is 1. The highest BCUT2D eigenvalue weighted by Gasteiger charge is 2.17. The smallest absolute Gasteiger partial charge is 0.257 e. The number of aromatic amines is 1. The number of halogens is 1. The minimum Gasteiger partial charge on any atom is -0.488 e. The first-order chi connectivity index (χ1) is 9.22. The maximum absolute atomic E-state index is 12.0. The molecule has 19 heavy (non-hydrogen) atoms. The van der Waals surface area contributed by atoms with E-state index < -0.39 is 0 Å². The lowest BCUT2D eigenvalue weighted by Gasteiger charge is -2.17. The Balaban J connectivity index is 1.84. The maximum atomic E-state index is 12.0. The Kier molecular flexibility index (Phi) is 3.08. The van der Waals surface area contributed by atoms with Crippen molar-refractivity contribution in [1.29, 1.82) is 0 Å². The van der Waals surface area contributed by atoms with E-state index >= 15 is 0 Å². The second-order valence-corrected chi connectivity index (χ2v) is 4.95. The number of aromatic nitrogens is 2. The van der Waals surface area contributed by atoms with Crippen LogP contribution < -0.4 is 10.1 Å². The van der Waals surface area contributed by atoms with E-state index in [-0.39, 0.29) is 12.5 Å². The second kappa shape index (κ2) is 4.89. The topological polar surface area (TPSA) is 67.0 Å². The number of H-pyrrole nitrogens is 1. The van der Waals surface area contributed by atoms with Gasteiger partial charge in [-0.15, -0.1) is 0 Å². The van der Waals surface area contributed by atoms with E-state index in [0.717, 1.165) is 15.8 Å². The first kappa shape index (κ1) is 12.0. The van der Waals surface area contributed by atoms with Crippen LogP contribution >= 0.6 is 15.9 Å². The van der Waals surface area contributed by atoms with Crippen LogP contribution in [0.25, 0.3) is 6.08 Å². The number of carbonyl (C=O) groups excluding carboxylic acids is 1. The van der Waals surface area contributed by atoms with Gasteiger partial charge in [-0.25, -0.2) is 4.98 Å². The van der Waals surface area contributed by atoms with Gasteiger partial charge in [-0.1, -0.05) is 15.9 Å². The van der Waals surface area contributed by atoms with Gasteiger partial charge in [0.2, 0.25) is 5.95 Å². The number of rotatable bonds is 2. The molecule has 5 nitrogen and oxygen atoms in total. The zero-order valence-corrected chi connectivity index (χ0v) is 11.4. The summed E-state index contributed by atoms with van der Waals surface area (Å²) in [5.41, 5.74) is 1.44. The number of hydrogen-bond donors (Lipinski definition) is 2.